The molecule has 0 amide bonds. The first-order chi connectivity index (χ1) is 28.9. The summed E-state index contributed by atoms with van der Waals surface area (Å²) in [6.45, 7) is 0. The van der Waals surface area contributed by atoms with Gasteiger partial charge in [0.15, 0.2) is 0 Å². The second-order valence-corrected chi connectivity index (χ2v) is 13.7. The summed E-state index contributed by atoms with van der Waals surface area (Å²) in [4.78, 5) is 3.53. The van der Waals surface area contributed by atoms with Gasteiger partial charge in [0, 0.05) is 33.5 Å². The molecule has 51 heavy (non-hydrogen) atoms. The van der Waals surface area contributed by atoms with Gasteiger partial charge in [0.25, 0.3) is 0 Å². The number of anilines is 6. The SMILES string of the molecule is [2H]c1c([2H])c([2H])c(N(c2ccc3c(c2)CCCC3)c2ccc3ccc4c(N(c5ccc6c(c5)CCCC6)c5c([2H])c([2H])c(F)c([2H])c5[2H])ccc5ccc2c3c54)c([2H])c1[2H]. The zero-order chi connectivity index (χ0) is 41.7. The highest BCUT2D eigenvalue weighted by molar-refractivity contribution is 6.28. The van der Waals surface area contributed by atoms with Gasteiger partial charge in [-0.15, -0.1) is 0 Å². The molecule has 0 spiro atoms. The molecule has 0 unspecified atom stereocenters. The third-order valence-corrected chi connectivity index (χ3v) is 10.8. The van der Waals surface area contributed by atoms with Gasteiger partial charge < -0.3 is 9.80 Å². The molecule has 0 atom stereocenters. The Morgan fingerprint density at radius 3 is 1.39 bits per heavy atom. The first-order valence-corrected chi connectivity index (χ1v) is 17.8. The van der Waals surface area contributed by atoms with E-state index < -0.39 is 48.1 Å². The number of rotatable bonds is 6. The first-order valence-electron chi connectivity index (χ1n) is 22.3. The molecule has 0 bridgehead atoms. The molecule has 10 rings (SSSR count). The largest absolute Gasteiger partial charge is 0.310 e. The van der Waals surface area contributed by atoms with Crippen LogP contribution in [0, 0.1) is 5.82 Å². The van der Waals surface area contributed by atoms with Crippen molar-refractivity contribution >= 4 is 66.4 Å². The number of para-hydroxylation sites is 1. The van der Waals surface area contributed by atoms with Gasteiger partial charge in [-0.2, -0.15) is 0 Å². The van der Waals surface area contributed by atoms with E-state index in [1.807, 2.05) is 60.7 Å². The number of halogens is 1. The fraction of sp³-hybridized carbons (Fsp3) is 0.167. The van der Waals surface area contributed by atoms with Gasteiger partial charge in [-0.1, -0.05) is 66.7 Å². The lowest BCUT2D eigenvalue weighted by molar-refractivity contribution is 0.628. The average Bonchev–Trinajstić information content (AvgIpc) is 3.28. The summed E-state index contributed by atoms with van der Waals surface area (Å²) in [5, 5.41) is 5.06. The summed E-state index contributed by atoms with van der Waals surface area (Å²) < 4.78 is 94.1. The minimum Gasteiger partial charge on any atom is -0.310 e. The van der Waals surface area contributed by atoms with Crippen molar-refractivity contribution < 1.29 is 16.7 Å². The van der Waals surface area contributed by atoms with Crippen LogP contribution in [-0.2, 0) is 25.7 Å². The molecule has 0 saturated heterocycles. The molecule has 0 aromatic heterocycles. The minimum atomic E-state index is -1.20. The van der Waals surface area contributed by atoms with Crippen LogP contribution in [0.5, 0.6) is 0 Å². The normalized spacial score (nSPS) is 16.6. The summed E-state index contributed by atoms with van der Waals surface area (Å²) in [5.41, 5.74) is 7.33. The highest BCUT2D eigenvalue weighted by Gasteiger charge is 2.23. The topological polar surface area (TPSA) is 6.48 Å². The maximum absolute atomic E-state index is 15.1. The average molecular weight is 672 g/mol. The van der Waals surface area contributed by atoms with E-state index in [1.54, 1.807) is 9.80 Å². The molecule has 0 N–H and O–H groups in total. The van der Waals surface area contributed by atoms with Gasteiger partial charge in [0.05, 0.1) is 23.7 Å². The molecule has 0 aliphatic heterocycles. The van der Waals surface area contributed by atoms with E-state index in [0.29, 0.717) is 22.7 Å². The lowest BCUT2D eigenvalue weighted by Gasteiger charge is -2.30. The summed E-state index contributed by atoms with van der Waals surface area (Å²) in [7, 11) is 0. The Morgan fingerprint density at radius 1 is 0.431 bits per heavy atom. The van der Waals surface area contributed by atoms with E-state index in [9.17, 15) is 0 Å². The summed E-state index contributed by atoms with van der Waals surface area (Å²) in [6, 6.07) is 23.6. The second kappa shape index (κ2) is 12.3. The molecule has 0 radical (unpaired) electrons. The van der Waals surface area contributed by atoms with Crippen molar-refractivity contribution in [2.24, 2.45) is 0 Å². The number of hydrogen-bond acceptors (Lipinski definition) is 2. The van der Waals surface area contributed by atoms with Crippen LogP contribution in [0.4, 0.5) is 38.5 Å². The first kappa shape index (κ1) is 22.2. The minimum absolute atomic E-state index is 0.0470. The molecule has 2 aliphatic rings. The molecule has 0 saturated carbocycles. The molecule has 8 aromatic carbocycles. The maximum atomic E-state index is 15.1. The van der Waals surface area contributed by atoms with Gasteiger partial charge in [-0.25, -0.2) is 4.39 Å². The number of nitrogens with zero attached hydrogens (tertiary/aromatic N) is 2. The Morgan fingerprint density at radius 2 is 0.882 bits per heavy atom. The van der Waals surface area contributed by atoms with Crippen molar-refractivity contribution in [3.05, 3.63) is 167 Å². The van der Waals surface area contributed by atoms with Gasteiger partial charge >= 0.3 is 0 Å². The second-order valence-electron chi connectivity index (χ2n) is 13.7. The van der Waals surface area contributed by atoms with E-state index in [2.05, 4.69) is 24.3 Å². The van der Waals surface area contributed by atoms with Crippen molar-refractivity contribution in [2.75, 3.05) is 9.80 Å². The van der Waals surface area contributed by atoms with Gasteiger partial charge in [-0.05, 0) is 168 Å². The Bertz CT molecular complexity index is 2830. The fourth-order valence-electron chi connectivity index (χ4n) is 8.41. The number of hydrogen-bond donors (Lipinski definition) is 0. The van der Waals surface area contributed by atoms with Crippen LogP contribution in [0.3, 0.4) is 0 Å². The Balaban J connectivity index is 1.27. The molecule has 8 aromatic rings. The van der Waals surface area contributed by atoms with Crippen molar-refractivity contribution in [3.63, 3.8) is 0 Å². The lowest BCUT2D eigenvalue weighted by Crippen LogP contribution is -2.13. The van der Waals surface area contributed by atoms with Gasteiger partial charge in [-0.3, -0.25) is 0 Å². The van der Waals surface area contributed by atoms with Crippen molar-refractivity contribution in [3.8, 4) is 0 Å². The Kier molecular flexibility index (Phi) is 5.35. The third-order valence-electron chi connectivity index (χ3n) is 10.8. The van der Waals surface area contributed by atoms with Crippen molar-refractivity contribution in [1.29, 1.82) is 0 Å². The zero-order valence-corrected chi connectivity index (χ0v) is 28.0. The summed E-state index contributed by atoms with van der Waals surface area (Å²) in [5.74, 6) is -1.20. The van der Waals surface area contributed by atoms with Crippen LogP contribution in [-0.4, -0.2) is 0 Å². The molecule has 2 aliphatic carbocycles. The standard InChI is InChI=1S/C48H39FN2/c49-38-20-24-40(25-21-38)51(42-23-15-33-9-5-7-11-37(33)31-42)46-29-19-35-16-26-43-45(28-18-34-17-27-44(46)48(35)47(34)43)50(39-12-2-1-3-13-39)41-22-14-32-8-4-6-10-36(32)30-41/h1-3,12-31H,4-11H2/i1D,2D,3D,12D,13D,20D,21D,24D,25D. The number of aryl methyl sites for hydroxylation is 4. The quantitative estimate of drug-likeness (QED) is 0.162. The number of fused-ring (bicyclic) bond motifs is 2. The molecule has 2 nitrogen and oxygen atoms in total. The Hall–Kier alpha value is -5.67. The van der Waals surface area contributed by atoms with E-state index in [0.717, 1.165) is 89.2 Å². The molecule has 248 valence electrons. The maximum Gasteiger partial charge on any atom is 0.123 e. The molecule has 3 heteroatoms. The predicted molar refractivity (Wildman–Crippen MR) is 213 cm³/mol. The highest BCUT2D eigenvalue weighted by atomic mass is 19.1. The van der Waals surface area contributed by atoms with Crippen LogP contribution < -0.4 is 9.80 Å². The van der Waals surface area contributed by atoms with E-state index in [-0.39, 0.29) is 23.5 Å². The smallest absolute Gasteiger partial charge is 0.123 e. The van der Waals surface area contributed by atoms with Crippen LogP contribution in [0.2, 0.25) is 0 Å². The summed E-state index contributed by atoms with van der Waals surface area (Å²) >= 11 is 0. The Labute approximate surface area is 311 Å². The van der Waals surface area contributed by atoms with Crippen LogP contribution in [0.15, 0.2) is 139 Å². The van der Waals surface area contributed by atoms with Crippen LogP contribution >= 0.6 is 0 Å². The summed E-state index contributed by atoms with van der Waals surface area (Å²) in [6.07, 6.45) is 7.91. The molecular weight excluding hydrogens is 624 g/mol. The van der Waals surface area contributed by atoms with E-state index >= 15 is 4.39 Å². The number of benzene rings is 8. The van der Waals surface area contributed by atoms with Crippen molar-refractivity contribution in [2.45, 2.75) is 51.4 Å². The fourth-order valence-corrected chi connectivity index (χ4v) is 8.41. The zero-order valence-electron chi connectivity index (χ0n) is 37.0. The molecular formula is C48H39FN2. The lowest BCUT2D eigenvalue weighted by atomic mass is 9.90. The molecule has 0 heterocycles. The monoisotopic (exact) mass is 671 g/mol. The van der Waals surface area contributed by atoms with Crippen LogP contribution in [0.1, 0.15) is 60.3 Å². The van der Waals surface area contributed by atoms with E-state index in [1.165, 1.54) is 16.7 Å². The highest BCUT2D eigenvalue weighted by Crippen LogP contribution is 2.48. The van der Waals surface area contributed by atoms with E-state index in [4.69, 9.17) is 12.3 Å². The molecule has 0 fully saturated rings. The van der Waals surface area contributed by atoms with Gasteiger partial charge in [0.1, 0.15) is 5.82 Å². The predicted octanol–water partition coefficient (Wildman–Crippen LogP) is 13.4. The third kappa shape index (κ3) is 5.14. The van der Waals surface area contributed by atoms with Crippen molar-refractivity contribution in [1.82, 2.24) is 0 Å². The van der Waals surface area contributed by atoms with Crippen LogP contribution in [0.25, 0.3) is 32.3 Å². The van der Waals surface area contributed by atoms with Gasteiger partial charge in [0.2, 0.25) is 0 Å².